The number of anilines is 2. The highest BCUT2D eigenvalue weighted by molar-refractivity contribution is 5.24. The molecule has 6 nitrogen and oxygen atoms in total. The first-order chi connectivity index (χ1) is 6.75. The molecule has 78 valence electrons. The Hall–Kier alpha value is -1.30. The highest BCUT2D eigenvalue weighted by atomic mass is 16.5. The van der Waals surface area contributed by atoms with Crippen LogP contribution in [-0.2, 0) is 4.74 Å². The van der Waals surface area contributed by atoms with E-state index in [0.717, 1.165) is 19.4 Å². The van der Waals surface area contributed by atoms with Crippen molar-refractivity contribution in [3.63, 3.8) is 0 Å². The highest BCUT2D eigenvalue weighted by Gasteiger charge is 2.23. The minimum absolute atomic E-state index is 0.0760. The van der Waals surface area contributed by atoms with E-state index in [1.807, 2.05) is 6.92 Å². The maximum atomic E-state index is 5.51. The Bertz CT molecular complexity index is 295. The number of nitrogen functional groups attached to an aromatic ring is 1. The number of nitrogens with two attached hydrogens (primary N) is 1. The number of nitrogens with one attached hydrogen (secondary N) is 1. The van der Waals surface area contributed by atoms with E-state index in [0.29, 0.717) is 6.01 Å². The van der Waals surface area contributed by atoms with E-state index in [4.69, 9.17) is 14.9 Å². The van der Waals surface area contributed by atoms with Gasteiger partial charge in [0.25, 0.3) is 0 Å². The molecule has 1 aliphatic heterocycles. The minimum Gasteiger partial charge on any atom is -0.390 e. The van der Waals surface area contributed by atoms with Gasteiger partial charge in [0.1, 0.15) is 0 Å². The molecule has 1 saturated heterocycles. The third kappa shape index (κ3) is 1.95. The molecule has 14 heavy (non-hydrogen) atoms. The Morgan fingerprint density at radius 1 is 1.57 bits per heavy atom. The van der Waals surface area contributed by atoms with Crippen LogP contribution in [-0.4, -0.2) is 29.0 Å². The van der Waals surface area contributed by atoms with Crippen molar-refractivity contribution < 1.29 is 9.15 Å². The average molecular weight is 198 g/mol. The van der Waals surface area contributed by atoms with E-state index in [2.05, 4.69) is 15.5 Å². The molecule has 1 aromatic rings. The van der Waals surface area contributed by atoms with Crippen molar-refractivity contribution in [2.45, 2.75) is 31.9 Å². The summed E-state index contributed by atoms with van der Waals surface area (Å²) in [6, 6.07) is 0.592. The number of ether oxygens (including phenoxy) is 1. The number of aromatic nitrogens is 2. The van der Waals surface area contributed by atoms with E-state index in [9.17, 15) is 0 Å². The Morgan fingerprint density at radius 2 is 2.43 bits per heavy atom. The fourth-order valence-corrected chi connectivity index (χ4v) is 1.58. The lowest BCUT2D eigenvalue weighted by atomic mass is 10.1. The van der Waals surface area contributed by atoms with E-state index in [-0.39, 0.29) is 18.2 Å². The van der Waals surface area contributed by atoms with Crippen LogP contribution in [0.5, 0.6) is 0 Å². The summed E-state index contributed by atoms with van der Waals surface area (Å²) in [7, 11) is 0. The van der Waals surface area contributed by atoms with Crippen molar-refractivity contribution in [1.29, 1.82) is 0 Å². The molecule has 2 heterocycles. The van der Waals surface area contributed by atoms with Crippen LogP contribution >= 0.6 is 0 Å². The van der Waals surface area contributed by atoms with Gasteiger partial charge in [-0.25, -0.2) is 0 Å². The van der Waals surface area contributed by atoms with Gasteiger partial charge in [-0.1, -0.05) is 10.2 Å². The Morgan fingerprint density at radius 3 is 3.00 bits per heavy atom. The van der Waals surface area contributed by atoms with E-state index in [1.165, 1.54) is 0 Å². The van der Waals surface area contributed by atoms with Crippen LogP contribution in [0.25, 0.3) is 0 Å². The van der Waals surface area contributed by atoms with Gasteiger partial charge in [0, 0.05) is 6.61 Å². The second-order valence-electron chi connectivity index (χ2n) is 3.43. The predicted molar refractivity (Wildman–Crippen MR) is 50.8 cm³/mol. The van der Waals surface area contributed by atoms with Gasteiger partial charge < -0.3 is 20.2 Å². The van der Waals surface area contributed by atoms with Gasteiger partial charge in [0.05, 0.1) is 12.1 Å². The van der Waals surface area contributed by atoms with Gasteiger partial charge in [0.2, 0.25) is 0 Å². The van der Waals surface area contributed by atoms with Crippen LogP contribution in [0, 0.1) is 0 Å². The van der Waals surface area contributed by atoms with Gasteiger partial charge in [-0.2, -0.15) is 0 Å². The monoisotopic (exact) mass is 198 g/mol. The van der Waals surface area contributed by atoms with E-state index < -0.39 is 0 Å². The topological polar surface area (TPSA) is 86.2 Å². The average Bonchev–Trinajstić information content (AvgIpc) is 2.75. The molecule has 3 N–H and O–H groups in total. The predicted octanol–water partition coefficient (Wildman–Crippen LogP) is 0.631. The third-order valence-electron chi connectivity index (χ3n) is 2.31. The lowest BCUT2D eigenvalue weighted by Crippen LogP contribution is -2.30. The molecule has 0 aliphatic carbocycles. The van der Waals surface area contributed by atoms with Crippen molar-refractivity contribution in [2.24, 2.45) is 0 Å². The molecular weight excluding hydrogens is 184 g/mol. The summed E-state index contributed by atoms with van der Waals surface area (Å²) in [5, 5.41) is 10.3. The quantitative estimate of drug-likeness (QED) is 0.740. The fourth-order valence-electron chi connectivity index (χ4n) is 1.58. The Kier molecular flexibility index (Phi) is 2.53. The summed E-state index contributed by atoms with van der Waals surface area (Å²) in [6.45, 7) is 2.86. The third-order valence-corrected chi connectivity index (χ3v) is 2.31. The number of nitrogens with zero attached hydrogens (tertiary/aromatic N) is 2. The zero-order chi connectivity index (χ0) is 9.97. The summed E-state index contributed by atoms with van der Waals surface area (Å²) in [5.41, 5.74) is 5.30. The molecule has 0 aromatic carbocycles. The Labute approximate surface area is 81.8 Å². The summed E-state index contributed by atoms with van der Waals surface area (Å²) < 4.78 is 10.5. The SMILES string of the molecule is CC(Nc1nnc(N)o1)C1CCCO1. The molecule has 0 bridgehead atoms. The minimum atomic E-state index is 0.0760. The number of hydrogen-bond donors (Lipinski definition) is 2. The fraction of sp³-hybridized carbons (Fsp3) is 0.750. The van der Waals surface area contributed by atoms with Crippen molar-refractivity contribution in [2.75, 3.05) is 17.7 Å². The number of hydrogen-bond acceptors (Lipinski definition) is 6. The van der Waals surface area contributed by atoms with Gasteiger partial charge in [0.15, 0.2) is 0 Å². The van der Waals surface area contributed by atoms with Gasteiger partial charge >= 0.3 is 12.0 Å². The molecule has 0 saturated carbocycles. The first-order valence-electron chi connectivity index (χ1n) is 4.73. The lowest BCUT2D eigenvalue weighted by molar-refractivity contribution is 0.0990. The van der Waals surface area contributed by atoms with Crippen molar-refractivity contribution in [3.8, 4) is 0 Å². The maximum absolute atomic E-state index is 5.51. The molecule has 2 atom stereocenters. The molecule has 1 fully saturated rings. The lowest BCUT2D eigenvalue weighted by Gasteiger charge is -2.18. The van der Waals surface area contributed by atoms with Crippen LogP contribution < -0.4 is 11.1 Å². The van der Waals surface area contributed by atoms with Crippen LogP contribution in [0.1, 0.15) is 19.8 Å². The van der Waals surface area contributed by atoms with Crippen molar-refractivity contribution in [3.05, 3.63) is 0 Å². The summed E-state index contributed by atoms with van der Waals surface area (Å²) in [5.74, 6) is 0. The first kappa shape index (κ1) is 9.26. The molecule has 0 amide bonds. The largest absolute Gasteiger partial charge is 0.390 e. The summed E-state index contributed by atoms with van der Waals surface area (Å²) >= 11 is 0. The molecule has 1 aromatic heterocycles. The zero-order valence-corrected chi connectivity index (χ0v) is 8.06. The normalized spacial score (nSPS) is 23.6. The highest BCUT2D eigenvalue weighted by Crippen LogP contribution is 2.18. The molecule has 0 radical (unpaired) electrons. The Balaban J connectivity index is 1.90. The second kappa shape index (κ2) is 3.83. The molecule has 1 aliphatic rings. The maximum Gasteiger partial charge on any atom is 0.317 e. The van der Waals surface area contributed by atoms with Gasteiger partial charge in [-0.05, 0) is 19.8 Å². The van der Waals surface area contributed by atoms with Crippen LogP contribution in [0.3, 0.4) is 0 Å². The standard InChI is InChI=1S/C8H14N4O2/c1-5(6-3-2-4-13-6)10-8-12-11-7(9)14-8/h5-6H,2-4H2,1H3,(H2,9,11)(H,10,12). The van der Waals surface area contributed by atoms with E-state index >= 15 is 0 Å². The number of rotatable bonds is 3. The molecule has 2 rings (SSSR count). The second-order valence-corrected chi connectivity index (χ2v) is 3.43. The summed E-state index contributed by atoms with van der Waals surface area (Å²) in [4.78, 5) is 0. The van der Waals surface area contributed by atoms with Crippen LogP contribution in [0.2, 0.25) is 0 Å². The van der Waals surface area contributed by atoms with Crippen LogP contribution in [0.4, 0.5) is 12.0 Å². The molecular formula is C8H14N4O2. The molecule has 0 spiro atoms. The van der Waals surface area contributed by atoms with E-state index in [1.54, 1.807) is 0 Å². The molecule has 6 heteroatoms. The summed E-state index contributed by atoms with van der Waals surface area (Å²) in [6.07, 6.45) is 2.41. The first-order valence-corrected chi connectivity index (χ1v) is 4.73. The zero-order valence-electron chi connectivity index (χ0n) is 8.06. The smallest absolute Gasteiger partial charge is 0.317 e. The van der Waals surface area contributed by atoms with Gasteiger partial charge in [-0.3, -0.25) is 0 Å². The molecule has 2 unspecified atom stereocenters. The van der Waals surface area contributed by atoms with Crippen molar-refractivity contribution >= 4 is 12.0 Å². The van der Waals surface area contributed by atoms with Gasteiger partial charge in [-0.15, -0.1) is 0 Å². The van der Waals surface area contributed by atoms with Crippen molar-refractivity contribution in [1.82, 2.24) is 10.2 Å². The van der Waals surface area contributed by atoms with Crippen LogP contribution in [0.15, 0.2) is 4.42 Å².